The third kappa shape index (κ3) is 3.14. The highest BCUT2D eigenvalue weighted by molar-refractivity contribution is 5.87. The van der Waals surface area contributed by atoms with Gasteiger partial charge in [-0.05, 0) is 30.5 Å². The van der Waals surface area contributed by atoms with Crippen LogP contribution in [0.1, 0.15) is 41.6 Å². The summed E-state index contributed by atoms with van der Waals surface area (Å²) in [5.41, 5.74) is 1.10. The monoisotopic (exact) mass is 303 g/mol. The number of rotatable bonds is 3. The van der Waals surface area contributed by atoms with Gasteiger partial charge in [0.15, 0.2) is 0 Å². The van der Waals surface area contributed by atoms with Crippen LogP contribution in [-0.4, -0.2) is 47.2 Å². The maximum absolute atomic E-state index is 12.6. The number of ether oxygens (including phenoxy) is 1. The Hall–Kier alpha value is -1.88. The van der Waals surface area contributed by atoms with Crippen LogP contribution in [0.2, 0.25) is 0 Å². The topological polar surface area (TPSA) is 66.8 Å². The minimum absolute atomic E-state index is 0.114. The second kappa shape index (κ2) is 6.48. The van der Waals surface area contributed by atoms with Crippen LogP contribution >= 0.6 is 0 Å². The molecular formula is C17H21NO4. The normalized spacial score (nSPS) is 24.6. The smallest absolute Gasteiger partial charge is 0.335 e. The fourth-order valence-electron chi connectivity index (χ4n) is 3.45. The Morgan fingerprint density at radius 1 is 1.18 bits per heavy atom. The molecule has 2 aliphatic rings. The Bertz CT molecular complexity index is 552. The highest BCUT2D eigenvalue weighted by Crippen LogP contribution is 2.28. The second-order valence-corrected chi connectivity index (χ2v) is 6.03. The van der Waals surface area contributed by atoms with Crippen LogP contribution in [0, 0.1) is 0 Å². The van der Waals surface area contributed by atoms with Gasteiger partial charge in [0, 0.05) is 6.54 Å². The van der Waals surface area contributed by atoms with E-state index in [-0.39, 0.29) is 23.6 Å². The lowest BCUT2D eigenvalue weighted by Gasteiger charge is -2.43. The van der Waals surface area contributed by atoms with Gasteiger partial charge in [-0.2, -0.15) is 0 Å². The average molecular weight is 303 g/mol. The molecule has 1 amide bonds. The number of aromatic carboxylic acids is 1. The quantitative estimate of drug-likeness (QED) is 0.928. The van der Waals surface area contributed by atoms with E-state index >= 15 is 0 Å². The molecule has 3 rings (SSSR count). The number of hydrogen-bond acceptors (Lipinski definition) is 3. The summed E-state index contributed by atoms with van der Waals surface area (Å²) in [6, 6.07) is 6.76. The van der Waals surface area contributed by atoms with E-state index in [1.165, 1.54) is 6.42 Å². The number of hydrogen-bond donors (Lipinski definition) is 1. The number of benzene rings is 1. The van der Waals surface area contributed by atoms with Gasteiger partial charge >= 0.3 is 5.97 Å². The molecule has 0 spiro atoms. The first kappa shape index (κ1) is 15.0. The van der Waals surface area contributed by atoms with Gasteiger partial charge in [0.05, 0.1) is 30.7 Å². The zero-order valence-electron chi connectivity index (χ0n) is 12.5. The van der Waals surface area contributed by atoms with E-state index in [1.807, 2.05) is 4.90 Å². The van der Waals surface area contributed by atoms with E-state index < -0.39 is 5.97 Å². The standard InChI is InChI=1S/C17H21NO4/c19-16(11-12-5-7-13(8-6-12)17(20)21)18-9-10-22-15-4-2-1-3-14(15)18/h5-8,14-15H,1-4,9-11H2,(H,20,21). The van der Waals surface area contributed by atoms with E-state index in [1.54, 1.807) is 24.3 Å². The molecule has 0 radical (unpaired) electrons. The maximum Gasteiger partial charge on any atom is 0.335 e. The van der Waals surface area contributed by atoms with Crippen molar-refractivity contribution in [3.63, 3.8) is 0 Å². The van der Waals surface area contributed by atoms with Crippen molar-refractivity contribution in [2.24, 2.45) is 0 Å². The molecule has 5 heteroatoms. The van der Waals surface area contributed by atoms with Gasteiger partial charge in [0.1, 0.15) is 0 Å². The van der Waals surface area contributed by atoms with Crippen molar-refractivity contribution >= 4 is 11.9 Å². The number of fused-ring (bicyclic) bond motifs is 1. The summed E-state index contributed by atoms with van der Waals surface area (Å²) in [6.45, 7) is 1.28. The Morgan fingerprint density at radius 3 is 2.64 bits per heavy atom. The number of carboxylic acids is 1. The fourth-order valence-corrected chi connectivity index (χ4v) is 3.45. The second-order valence-electron chi connectivity index (χ2n) is 6.03. The van der Waals surface area contributed by atoms with Crippen molar-refractivity contribution in [1.29, 1.82) is 0 Å². The van der Waals surface area contributed by atoms with Crippen LogP contribution < -0.4 is 0 Å². The third-order valence-electron chi connectivity index (χ3n) is 4.61. The van der Waals surface area contributed by atoms with Gasteiger partial charge in [0.25, 0.3) is 0 Å². The van der Waals surface area contributed by atoms with Crippen LogP contribution in [0.4, 0.5) is 0 Å². The molecule has 1 saturated heterocycles. The number of morpholine rings is 1. The summed E-state index contributed by atoms with van der Waals surface area (Å²) in [7, 11) is 0. The first-order chi connectivity index (χ1) is 10.6. The van der Waals surface area contributed by atoms with E-state index in [0.717, 1.165) is 24.8 Å². The van der Waals surface area contributed by atoms with E-state index in [9.17, 15) is 9.59 Å². The molecule has 1 heterocycles. The number of amides is 1. The molecule has 118 valence electrons. The van der Waals surface area contributed by atoms with E-state index in [4.69, 9.17) is 9.84 Å². The first-order valence-corrected chi connectivity index (χ1v) is 7.88. The number of nitrogens with zero attached hydrogens (tertiary/aromatic N) is 1. The van der Waals surface area contributed by atoms with Crippen molar-refractivity contribution in [3.05, 3.63) is 35.4 Å². The Morgan fingerprint density at radius 2 is 1.91 bits per heavy atom. The summed E-state index contributed by atoms with van der Waals surface area (Å²) < 4.78 is 5.80. The van der Waals surface area contributed by atoms with E-state index in [0.29, 0.717) is 19.6 Å². The molecule has 5 nitrogen and oxygen atoms in total. The van der Waals surface area contributed by atoms with Crippen molar-refractivity contribution in [1.82, 2.24) is 4.90 Å². The zero-order chi connectivity index (χ0) is 15.5. The van der Waals surface area contributed by atoms with Gasteiger partial charge in [0.2, 0.25) is 5.91 Å². The molecule has 1 aromatic rings. The molecule has 2 atom stereocenters. The maximum atomic E-state index is 12.6. The lowest BCUT2D eigenvalue weighted by Crippen LogP contribution is -2.55. The molecule has 1 aliphatic carbocycles. The summed E-state index contributed by atoms with van der Waals surface area (Å²) in [5.74, 6) is -0.834. The minimum atomic E-state index is -0.948. The fraction of sp³-hybridized carbons (Fsp3) is 0.529. The van der Waals surface area contributed by atoms with Crippen LogP contribution in [0.25, 0.3) is 0 Å². The predicted molar refractivity (Wildman–Crippen MR) is 80.8 cm³/mol. The van der Waals surface area contributed by atoms with Crippen LogP contribution in [0.5, 0.6) is 0 Å². The van der Waals surface area contributed by atoms with Gasteiger partial charge in [-0.1, -0.05) is 25.0 Å². The van der Waals surface area contributed by atoms with Crippen molar-refractivity contribution in [3.8, 4) is 0 Å². The molecule has 0 aromatic heterocycles. The van der Waals surface area contributed by atoms with Gasteiger partial charge in [-0.15, -0.1) is 0 Å². The van der Waals surface area contributed by atoms with Crippen molar-refractivity contribution in [2.45, 2.75) is 44.2 Å². The third-order valence-corrected chi connectivity index (χ3v) is 4.61. The summed E-state index contributed by atoms with van der Waals surface area (Å²) >= 11 is 0. The van der Waals surface area contributed by atoms with Crippen molar-refractivity contribution < 1.29 is 19.4 Å². The Balaban J connectivity index is 1.66. The Kier molecular flexibility index (Phi) is 4.43. The Labute approximate surface area is 129 Å². The zero-order valence-corrected chi connectivity index (χ0v) is 12.5. The highest BCUT2D eigenvalue weighted by atomic mass is 16.5. The van der Waals surface area contributed by atoms with Crippen LogP contribution in [0.3, 0.4) is 0 Å². The molecule has 2 unspecified atom stereocenters. The SMILES string of the molecule is O=C(O)c1ccc(CC(=O)N2CCOC3CCCCC32)cc1. The summed E-state index contributed by atoms with van der Waals surface area (Å²) in [4.78, 5) is 25.4. The largest absolute Gasteiger partial charge is 0.478 e. The first-order valence-electron chi connectivity index (χ1n) is 7.88. The summed E-state index contributed by atoms with van der Waals surface area (Å²) in [6.07, 6.45) is 4.92. The number of carbonyl (C=O) groups is 2. The molecule has 1 aromatic carbocycles. The van der Waals surface area contributed by atoms with E-state index in [2.05, 4.69) is 0 Å². The molecule has 1 N–H and O–H groups in total. The molecule has 1 aliphatic heterocycles. The molecule has 22 heavy (non-hydrogen) atoms. The van der Waals surface area contributed by atoms with Gasteiger partial charge in [-0.3, -0.25) is 4.79 Å². The van der Waals surface area contributed by atoms with Gasteiger partial charge in [-0.25, -0.2) is 4.79 Å². The van der Waals surface area contributed by atoms with Gasteiger partial charge < -0.3 is 14.7 Å². The van der Waals surface area contributed by atoms with Crippen LogP contribution in [-0.2, 0) is 16.0 Å². The van der Waals surface area contributed by atoms with Crippen molar-refractivity contribution in [2.75, 3.05) is 13.2 Å². The lowest BCUT2D eigenvalue weighted by molar-refractivity contribution is -0.148. The predicted octanol–water partition coefficient (Wildman–Crippen LogP) is 2.10. The molecule has 2 fully saturated rings. The van der Waals surface area contributed by atoms with Crippen LogP contribution in [0.15, 0.2) is 24.3 Å². The number of carbonyl (C=O) groups excluding carboxylic acids is 1. The molecular weight excluding hydrogens is 282 g/mol. The lowest BCUT2D eigenvalue weighted by atomic mass is 9.90. The average Bonchev–Trinajstić information content (AvgIpc) is 2.54. The highest BCUT2D eigenvalue weighted by Gasteiger charge is 2.36. The number of carboxylic acid groups (broad SMARTS) is 1. The molecule has 1 saturated carbocycles. The minimum Gasteiger partial charge on any atom is -0.478 e. The molecule has 0 bridgehead atoms. The summed E-state index contributed by atoms with van der Waals surface area (Å²) in [5, 5.41) is 8.90.